The number of aliphatic carboxylic acids is 1. The number of nitrogens with one attached hydrogen (secondary N) is 2. The molecule has 0 aromatic heterocycles. The molecule has 0 bridgehead atoms. The molecule has 2 amide bonds. The summed E-state index contributed by atoms with van der Waals surface area (Å²) in [6.45, 7) is 0.0598. The van der Waals surface area contributed by atoms with Gasteiger partial charge in [0.2, 0.25) is 0 Å². The largest absolute Gasteiger partial charge is 0.481 e. The number of rotatable bonds is 4. The second-order valence-corrected chi connectivity index (χ2v) is 4.93. The quantitative estimate of drug-likeness (QED) is 0.795. The van der Waals surface area contributed by atoms with Gasteiger partial charge in [0.25, 0.3) is 0 Å². The van der Waals surface area contributed by atoms with Gasteiger partial charge in [0.15, 0.2) is 0 Å². The first kappa shape index (κ1) is 13.6. The molecule has 0 radical (unpaired) electrons. The van der Waals surface area contributed by atoms with Crippen molar-refractivity contribution in [2.24, 2.45) is 5.41 Å². The molecule has 102 valence electrons. The zero-order chi connectivity index (χ0) is 14.0. The van der Waals surface area contributed by atoms with Gasteiger partial charge in [-0.25, -0.2) is 9.18 Å². The van der Waals surface area contributed by atoms with Crippen molar-refractivity contribution in [2.45, 2.75) is 12.8 Å². The minimum atomic E-state index is -0.912. The van der Waals surface area contributed by atoms with Crippen LogP contribution in [0.1, 0.15) is 12.8 Å². The Morgan fingerprint density at radius 3 is 2.63 bits per heavy atom. The van der Waals surface area contributed by atoms with Crippen LogP contribution in [0.2, 0.25) is 5.02 Å². The topological polar surface area (TPSA) is 78.4 Å². The fourth-order valence-electron chi connectivity index (χ4n) is 1.62. The number of carboxylic acids is 1. The van der Waals surface area contributed by atoms with Crippen LogP contribution in [0.25, 0.3) is 0 Å². The van der Waals surface area contributed by atoms with Gasteiger partial charge in [-0.1, -0.05) is 11.6 Å². The SMILES string of the molecule is O=C(NCC1(C(=O)O)CC1)Nc1ccc(Cl)c(F)c1. The highest BCUT2D eigenvalue weighted by Crippen LogP contribution is 2.45. The van der Waals surface area contributed by atoms with Crippen LogP contribution >= 0.6 is 11.6 Å². The fourth-order valence-corrected chi connectivity index (χ4v) is 1.73. The van der Waals surface area contributed by atoms with Crippen LogP contribution < -0.4 is 10.6 Å². The predicted octanol–water partition coefficient (Wildman–Crippen LogP) is 2.47. The molecule has 19 heavy (non-hydrogen) atoms. The van der Waals surface area contributed by atoms with Gasteiger partial charge in [0, 0.05) is 12.2 Å². The van der Waals surface area contributed by atoms with Crippen molar-refractivity contribution in [1.82, 2.24) is 5.32 Å². The predicted molar refractivity (Wildman–Crippen MR) is 67.7 cm³/mol. The number of urea groups is 1. The van der Waals surface area contributed by atoms with Gasteiger partial charge in [0.05, 0.1) is 10.4 Å². The van der Waals surface area contributed by atoms with E-state index in [2.05, 4.69) is 10.6 Å². The van der Waals surface area contributed by atoms with Crippen molar-refractivity contribution >= 4 is 29.3 Å². The summed E-state index contributed by atoms with van der Waals surface area (Å²) in [5.74, 6) is -1.55. The van der Waals surface area contributed by atoms with E-state index >= 15 is 0 Å². The number of carboxylic acid groups (broad SMARTS) is 1. The molecule has 5 nitrogen and oxygen atoms in total. The monoisotopic (exact) mass is 286 g/mol. The van der Waals surface area contributed by atoms with Crippen LogP contribution in [0, 0.1) is 11.2 Å². The number of hydrogen-bond donors (Lipinski definition) is 3. The van der Waals surface area contributed by atoms with Crippen LogP contribution in [-0.2, 0) is 4.79 Å². The maximum Gasteiger partial charge on any atom is 0.319 e. The molecule has 0 atom stereocenters. The molecule has 1 saturated carbocycles. The van der Waals surface area contributed by atoms with Gasteiger partial charge in [-0.05, 0) is 31.0 Å². The summed E-state index contributed by atoms with van der Waals surface area (Å²) in [4.78, 5) is 22.4. The number of benzene rings is 1. The lowest BCUT2D eigenvalue weighted by Gasteiger charge is -2.12. The van der Waals surface area contributed by atoms with Crippen LogP contribution in [0.5, 0.6) is 0 Å². The van der Waals surface area contributed by atoms with E-state index in [0.29, 0.717) is 12.8 Å². The van der Waals surface area contributed by atoms with Crippen LogP contribution in [0.3, 0.4) is 0 Å². The molecule has 0 unspecified atom stereocenters. The van der Waals surface area contributed by atoms with E-state index in [0.717, 1.165) is 6.07 Å². The van der Waals surface area contributed by atoms with Crippen molar-refractivity contribution < 1.29 is 19.1 Å². The smallest absolute Gasteiger partial charge is 0.319 e. The molecule has 1 aliphatic carbocycles. The van der Waals surface area contributed by atoms with E-state index in [1.807, 2.05) is 0 Å². The van der Waals surface area contributed by atoms with E-state index in [4.69, 9.17) is 16.7 Å². The molecule has 0 heterocycles. The van der Waals surface area contributed by atoms with E-state index in [-0.39, 0.29) is 17.3 Å². The minimum Gasteiger partial charge on any atom is -0.481 e. The Hall–Kier alpha value is -1.82. The summed E-state index contributed by atoms with van der Waals surface area (Å²) < 4.78 is 13.1. The Morgan fingerprint density at radius 2 is 2.11 bits per heavy atom. The Morgan fingerprint density at radius 1 is 1.42 bits per heavy atom. The molecular formula is C12H12ClFN2O3. The second kappa shape index (κ2) is 5.05. The molecule has 7 heteroatoms. The first-order chi connectivity index (χ1) is 8.93. The zero-order valence-electron chi connectivity index (χ0n) is 9.87. The number of carbonyl (C=O) groups excluding carboxylic acids is 1. The highest BCUT2D eigenvalue weighted by molar-refractivity contribution is 6.30. The van der Waals surface area contributed by atoms with Crippen molar-refractivity contribution in [3.05, 3.63) is 29.0 Å². The number of halogens is 2. The standard InChI is InChI=1S/C12H12ClFN2O3/c13-8-2-1-7(5-9(8)14)16-11(19)15-6-12(3-4-12)10(17)18/h1-2,5H,3-4,6H2,(H,17,18)(H2,15,16,19). The van der Waals surface area contributed by atoms with Crippen LogP contribution in [-0.4, -0.2) is 23.7 Å². The number of amides is 2. The molecule has 3 N–H and O–H groups in total. The molecule has 0 aliphatic heterocycles. The maximum absolute atomic E-state index is 13.1. The Balaban J connectivity index is 1.88. The first-order valence-electron chi connectivity index (χ1n) is 5.66. The number of hydrogen-bond acceptors (Lipinski definition) is 2. The molecule has 0 saturated heterocycles. The molecule has 1 aromatic rings. The number of carbonyl (C=O) groups is 2. The third-order valence-corrected chi connectivity index (χ3v) is 3.38. The summed E-state index contributed by atoms with van der Waals surface area (Å²) in [6, 6.07) is 3.29. The normalized spacial score (nSPS) is 15.7. The molecular weight excluding hydrogens is 275 g/mol. The fraction of sp³-hybridized carbons (Fsp3) is 0.333. The van der Waals surface area contributed by atoms with Gasteiger partial charge in [0.1, 0.15) is 5.82 Å². The molecule has 1 fully saturated rings. The minimum absolute atomic E-state index is 0.0335. The lowest BCUT2D eigenvalue weighted by Crippen LogP contribution is -2.36. The van der Waals surface area contributed by atoms with Crippen molar-refractivity contribution in [2.75, 3.05) is 11.9 Å². The van der Waals surface area contributed by atoms with Crippen molar-refractivity contribution in [3.8, 4) is 0 Å². The Labute approximate surface area is 113 Å². The van der Waals surface area contributed by atoms with Gasteiger partial charge < -0.3 is 15.7 Å². The van der Waals surface area contributed by atoms with Gasteiger partial charge in [-0.2, -0.15) is 0 Å². The van der Waals surface area contributed by atoms with E-state index < -0.39 is 23.2 Å². The van der Waals surface area contributed by atoms with Gasteiger partial charge in [-0.3, -0.25) is 4.79 Å². The Kier molecular flexibility index (Phi) is 3.61. The third-order valence-electron chi connectivity index (χ3n) is 3.07. The van der Waals surface area contributed by atoms with Gasteiger partial charge >= 0.3 is 12.0 Å². The second-order valence-electron chi connectivity index (χ2n) is 4.52. The average Bonchev–Trinajstić information content (AvgIpc) is 3.13. The number of anilines is 1. The lowest BCUT2D eigenvalue weighted by molar-refractivity contribution is -0.143. The summed E-state index contributed by atoms with van der Waals surface area (Å²) in [7, 11) is 0. The maximum atomic E-state index is 13.1. The molecule has 1 aliphatic rings. The van der Waals surface area contributed by atoms with E-state index in [9.17, 15) is 14.0 Å². The van der Waals surface area contributed by atoms with Crippen LogP contribution in [0.15, 0.2) is 18.2 Å². The summed E-state index contributed by atoms with van der Waals surface area (Å²) in [5, 5.41) is 13.8. The highest BCUT2D eigenvalue weighted by Gasteiger charge is 2.50. The van der Waals surface area contributed by atoms with Crippen LogP contribution in [0.4, 0.5) is 14.9 Å². The lowest BCUT2D eigenvalue weighted by atomic mass is 10.1. The van der Waals surface area contributed by atoms with Gasteiger partial charge in [-0.15, -0.1) is 0 Å². The summed E-state index contributed by atoms with van der Waals surface area (Å²) in [6.07, 6.45) is 1.11. The molecule has 2 rings (SSSR count). The average molecular weight is 287 g/mol. The van der Waals surface area contributed by atoms with E-state index in [1.165, 1.54) is 12.1 Å². The Bertz CT molecular complexity index is 532. The first-order valence-corrected chi connectivity index (χ1v) is 6.04. The van der Waals surface area contributed by atoms with E-state index in [1.54, 1.807) is 0 Å². The van der Waals surface area contributed by atoms with Crippen molar-refractivity contribution in [1.29, 1.82) is 0 Å². The highest BCUT2D eigenvalue weighted by atomic mass is 35.5. The van der Waals surface area contributed by atoms with Crippen molar-refractivity contribution in [3.63, 3.8) is 0 Å². The molecule has 1 aromatic carbocycles. The molecule has 0 spiro atoms. The third kappa shape index (κ3) is 3.14. The summed E-state index contributed by atoms with van der Waals surface area (Å²) in [5.41, 5.74) is -0.581. The summed E-state index contributed by atoms with van der Waals surface area (Å²) >= 11 is 5.51. The zero-order valence-corrected chi connectivity index (χ0v) is 10.6.